The summed E-state index contributed by atoms with van der Waals surface area (Å²) in [6.07, 6.45) is 6.95. The number of nitrogens with zero attached hydrogens (tertiary/aromatic N) is 6. The number of methoxy groups -OCH3 is 1. The van der Waals surface area contributed by atoms with Crippen LogP contribution in [0, 0.1) is 0 Å². The Kier molecular flexibility index (Phi) is 9.81. The van der Waals surface area contributed by atoms with E-state index in [-0.39, 0.29) is 28.7 Å². The summed E-state index contributed by atoms with van der Waals surface area (Å²) in [6, 6.07) is 11.0. The lowest BCUT2D eigenvalue weighted by molar-refractivity contribution is -0.119. The summed E-state index contributed by atoms with van der Waals surface area (Å²) in [5.74, 6) is 1.09. The van der Waals surface area contributed by atoms with Crippen LogP contribution >= 0.6 is 23.2 Å². The Morgan fingerprint density at radius 3 is 2.74 bits per heavy atom. The van der Waals surface area contributed by atoms with Crippen molar-refractivity contribution in [3.8, 4) is 28.4 Å². The zero-order chi connectivity index (χ0) is 34.8. The third kappa shape index (κ3) is 6.94. The van der Waals surface area contributed by atoms with Crippen LogP contribution in [0.1, 0.15) is 46.3 Å². The summed E-state index contributed by atoms with van der Waals surface area (Å²) in [7, 11) is 3.42. The molecule has 0 bridgehead atoms. The van der Waals surface area contributed by atoms with E-state index in [1.54, 1.807) is 50.0 Å². The number of benzene rings is 1. The molecule has 1 fully saturated rings. The predicted octanol–water partition coefficient (Wildman–Crippen LogP) is 5.03. The molecular formula is C35H35Cl2N9O4. The molecular weight excluding hydrogens is 681 g/mol. The number of hydrogen-bond donors (Lipinski definition) is 3. The van der Waals surface area contributed by atoms with Crippen LogP contribution in [0.15, 0.2) is 59.5 Å². The third-order valence-corrected chi connectivity index (χ3v) is 9.76. The molecule has 50 heavy (non-hydrogen) atoms. The van der Waals surface area contributed by atoms with Gasteiger partial charge in [0.05, 0.1) is 52.7 Å². The number of rotatable bonds is 11. The molecule has 2 aliphatic rings. The van der Waals surface area contributed by atoms with E-state index in [1.165, 1.54) is 0 Å². The molecule has 1 saturated heterocycles. The molecule has 0 saturated carbocycles. The Hall–Kier alpha value is -4.82. The van der Waals surface area contributed by atoms with Gasteiger partial charge in [-0.3, -0.25) is 19.5 Å². The van der Waals surface area contributed by atoms with E-state index in [0.29, 0.717) is 77.6 Å². The number of halogens is 2. The van der Waals surface area contributed by atoms with Crippen molar-refractivity contribution >= 4 is 40.7 Å². The molecule has 1 atom stereocenters. The summed E-state index contributed by atoms with van der Waals surface area (Å²) in [5, 5.41) is 9.90. The van der Waals surface area contributed by atoms with Gasteiger partial charge < -0.3 is 29.7 Å². The molecule has 1 aromatic carbocycles. The number of imidazole rings is 1. The predicted molar refractivity (Wildman–Crippen MR) is 188 cm³/mol. The lowest BCUT2D eigenvalue weighted by Crippen LogP contribution is -2.35. The highest BCUT2D eigenvalue weighted by Gasteiger charge is 2.27. The van der Waals surface area contributed by atoms with E-state index < -0.39 is 0 Å². The SMILES string of the molecule is COc1nc(-c2ccnc(-c3cccc(NC(=O)c4nc5c(n4C)CCN(Cc4ncco4)C5)c3Cl)c2Cl)ccc1CNCC1CCC(=O)N1. The number of carbonyl (C=O) groups is 2. The van der Waals surface area contributed by atoms with E-state index in [4.69, 9.17) is 42.3 Å². The first-order valence-electron chi connectivity index (χ1n) is 16.2. The molecule has 258 valence electrons. The van der Waals surface area contributed by atoms with E-state index in [0.717, 1.165) is 36.3 Å². The van der Waals surface area contributed by atoms with Gasteiger partial charge in [-0.1, -0.05) is 41.4 Å². The minimum atomic E-state index is -0.383. The lowest BCUT2D eigenvalue weighted by atomic mass is 10.1. The number of pyridine rings is 2. The van der Waals surface area contributed by atoms with Crippen LogP contribution in [0.4, 0.5) is 5.69 Å². The maximum Gasteiger partial charge on any atom is 0.291 e. The molecule has 15 heteroatoms. The average Bonchev–Trinajstić information content (AvgIpc) is 3.87. The average molecular weight is 717 g/mol. The molecule has 2 aliphatic heterocycles. The van der Waals surface area contributed by atoms with Gasteiger partial charge in [-0.05, 0) is 24.6 Å². The molecule has 3 N–H and O–H groups in total. The first kappa shape index (κ1) is 33.7. The highest BCUT2D eigenvalue weighted by atomic mass is 35.5. The lowest BCUT2D eigenvalue weighted by Gasteiger charge is -2.25. The van der Waals surface area contributed by atoms with Crippen LogP contribution in [-0.4, -0.2) is 67.5 Å². The van der Waals surface area contributed by atoms with Crippen molar-refractivity contribution in [2.75, 3.05) is 25.5 Å². The fourth-order valence-electron chi connectivity index (χ4n) is 6.40. The topological polar surface area (TPSA) is 152 Å². The quantitative estimate of drug-likeness (QED) is 0.170. The van der Waals surface area contributed by atoms with Crippen LogP contribution in [-0.2, 0) is 37.9 Å². The zero-order valence-electron chi connectivity index (χ0n) is 27.5. The van der Waals surface area contributed by atoms with Crippen molar-refractivity contribution in [1.82, 2.24) is 40.0 Å². The number of fused-ring (bicyclic) bond motifs is 1. The fourth-order valence-corrected chi connectivity index (χ4v) is 6.98. The minimum Gasteiger partial charge on any atom is -0.481 e. The smallest absolute Gasteiger partial charge is 0.291 e. The van der Waals surface area contributed by atoms with Crippen LogP contribution in [0.25, 0.3) is 22.5 Å². The molecule has 0 spiro atoms. The monoisotopic (exact) mass is 715 g/mol. The molecule has 0 radical (unpaired) electrons. The molecule has 5 aromatic rings. The number of anilines is 1. The maximum absolute atomic E-state index is 13.6. The van der Waals surface area contributed by atoms with Gasteiger partial charge in [0.2, 0.25) is 17.7 Å². The Bertz CT molecular complexity index is 2050. The summed E-state index contributed by atoms with van der Waals surface area (Å²) in [4.78, 5) is 45.4. The molecule has 0 aliphatic carbocycles. The molecule has 13 nitrogen and oxygen atoms in total. The van der Waals surface area contributed by atoms with Crippen LogP contribution in [0.2, 0.25) is 10.0 Å². The van der Waals surface area contributed by atoms with Crippen LogP contribution in [0.5, 0.6) is 5.88 Å². The van der Waals surface area contributed by atoms with Gasteiger partial charge in [-0.25, -0.2) is 15.0 Å². The van der Waals surface area contributed by atoms with Gasteiger partial charge in [-0.2, -0.15) is 0 Å². The van der Waals surface area contributed by atoms with Gasteiger partial charge in [0.25, 0.3) is 5.91 Å². The van der Waals surface area contributed by atoms with E-state index in [1.807, 2.05) is 23.7 Å². The fraction of sp³-hybridized carbons (Fsp3) is 0.314. The first-order chi connectivity index (χ1) is 24.3. The van der Waals surface area contributed by atoms with Crippen molar-refractivity contribution in [3.05, 3.63) is 93.8 Å². The van der Waals surface area contributed by atoms with Crippen molar-refractivity contribution in [2.24, 2.45) is 7.05 Å². The van der Waals surface area contributed by atoms with Gasteiger partial charge in [0, 0.05) is 80.7 Å². The second kappa shape index (κ2) is 14.6. The summed E-state index contributed by atoms with van der Waals surface area (Å²) >= 11 is 13.9. The van der Waals surface area contributed by atoms with Gasteiger partial charge in [0.1, 0.15) is 6.26 Å². The van der Waals surface area contributed by atoms with E-state index in [2.05, 4.69) is 30.8 Å². The highest BCUT2D eigenvalue weighted by Crippen LogP contribution is 2.40. The van der Waals surface area contributed by atoms with Crippen LogP contribution in [0.3, 0.4) is 0 Å². The number of amides is 2. The Morgan fingerprint density at radius 2 is 1.96 bits per heavy atom. The van der Waals surface area contributed by atoms with Crippen molar-refractivity contribution in [1.29, 1.82) is 0 Å². The number of nitrogens with one attached hydrogen (secondary N) is 3. The summed E-state index contributed by atoms with van der Waals surface area (Å²) in [5.41, 5.74) is 5.35. The van der Waals surface area contributed by atoms with Crippen molar-refractivity contribution < 1.29 is 18.7 Å². The first-order valence-corrected chi connectivity index (χ1v) is 17.0. The Morgan fingerprint density at radius 1 is 1.08 bits per heavy atom. The summed E-state index contributed by atoms with van der Waals surface area (Å²) < 4.78 is 12.9. The third-order valence-electron chi connectivity index (χ3n) is 8.97. The number of oxazole rings is 1. The second-order valence-corrected chi connectivity index (χ2v) is 13.0. The molecule has 6 heterocycles. The standard InChI is InChI=1S/C35H35Cl2N9O4/c1-45-27-11-14-46(19-29-39-13-15-50-29)18-26(27)42-33(45)34(48)43-25-5-3-4-23(30(25)36)32-31(37)22(10-12-40-32)24-8-6-20(35(44-24)49-2)16-38-17-21-7-9-28(47)41-21/h3-6,8,10,12-13,15,21,38H,7,9,11,14,16-19H2,1-2H3,(H,41,47)(H,43,48). The van der Waals surface area contributed by atoms with E-state index in [9.17, 15) is 9.59 Å². The van der Waals surface area contributed by atoms with Gasteiger partial charge in [-0.15, -0.1) is 0 Å². The van der Waals surface area contributed by atoms with Gasteiger partial charge >= 0.3 is 0 Å². The summed E-state index contributed by atoms with van der Waals surface area (Å²) in [6.45, 7) is 3.12. The van der Waals surface area contributed by atoms with Gasteiger partial charge in [0.15, 0.2) is 5.82 Å². The Labute approximate surface area is 298 Å². The number of hydrogen-bond acceptors (Lipinski definition) is 10. The number of ether oxygens (including phenoxy) is 1. The second-order valence-electron chi connectivity index (χ2n) is 12.2. The number of aromatic nitrogens is 5. The molecule has 1 unspecified atom stereocenters. The maximum atomic E-state index is 13.6. The molecule has 4 aromatic heterocycles. The zero-order valence-corrected chi connectivity index (χ0v) is 29.0. The van der Waals surface area contributed by atoms with Crippen molar-refractivity contribution in [3.63, 3.8) is 0 Å². The number of carbonyl (C=O) groups excluding carboxylic acids is 2. The van der Waals surface area contributed by atoms with Crippen molar-refractivity contribution in [2.45, 2.75) is 44.9 Å². The van der Waals surface area contributed by atoms with Crippen LogP contribution < -0.4 is 20.7 Å². The normalized spacial score (nSPS) is 15.9. The molecule has 2 amide bonds. The molecule has 7 rings (SSSR count). The largest absolute Gasteiger partial charge is 0.481 e. The Balaban J connectivity index is 1.07. The van der Waals surface area contributed by atoms with E-state index >= 15 is 0 Å². The highest BCUT2D eigenvalue weighted by molar-refractivity contribution is 6.39. The minimum absolute atomic E-state index is 0.0856.